The van der Waals surface area contributed by atoms with E-state index in [1.54, 1.807) is 34.1 Å². The number of hydrogen-bond acceptors (Lipinski definition) is 6. The number of carboxylic acid groups (broad SMARTS) is 2. The zero-order valence-corrected chi connectivity index (χ0v) is 17.9. The van der Waals surface area contributed by atoms with Crippen LogP contribution in [0.5, 0.6) is 11.5 Å². The number of rotatable bonds is 12. The van der Waals surface area contributed by atoms with Gasteiger partial charge in [0.1, 0.15) is 11.5 Å². The van der Waals surface area contributed by atoms with E-state index in [4.69, 9.17) is 0 Å². The van der Waals surface area contributed by atoms with E-state index in [0.29, 0.717) is 11.1 Å². The van der Waals surface area contributed by atoms with E-state index < -0.39 is 11.9 Å². The molecule has 0 atom stereocenters. The molecule has 0 aromatic heterocycles. The summed E-state index contributed by atoms with van der Waals surface area (Å²) in [5.41, 5.74) is 3.22. The van der Waals surface area contributed by atoms with Crippen molar-refractivity contribution in [2.24, 2.45) is 0 Å². The van der Waals surface area contributed by atoms with E-state index in [1.807, 2.05) is 26.0 Å². The van der Waals surface area contributed by atoms with Crippen LogP contribution in [0.2, 0.25) is 0 Å². The predicted molar refractivity (Wildman–Crippen MR) is 116 cm³/mol. The third kappa shape index (κ3) is 7.92. The van der Waals surface area contributed by atoms with Crippen molar-refractivity contribution < 1.29 is 30.0 Å². The average molecular weight is 431 g/mol. The molecule has 0 aliphatic heterocycles. The molecule has 2 aromatic carbocycles. The van der Waals surface area contributed by atoms with Crippen LogP contribution in [-0.4, -0.2) is 68.3 Å². The van der Waals surface area contributed by atoms with E-state index in [0.717, 1.165) is 17.5 Å². The minimum Gasteiger partial charge on any atom is -0.508 e. The zero-order valence-electron chi connectivity index (χ0n) is 17.9. The summed E-state index contributed by atoms with van der Waals surface area (Å²) in [5.74, 6) is -1.83. The van der Waals surface area contributed by atoms with E-state index >= 15 is 0 Å². The van der Waals surface area contributed by atoms with E-state index in [-0.39, 0.29) is 50.8 Å². The Bertz CT molecular complexity index is 915. The molecule has 0 radical (unpaired) electrons. The van der Waals surface area contributed by atoms with Crippen molar-refractivity contribution in [3.05, 3.63) is 58.7 Å². The first-order valence-corrected chi connectivity index (χ1v) is 10.2. The highest BCUT2D eigenvalue weighted by Crippen LogP contribution is 2.22. The first-order chi connectivity index (χ1) is 14.7. The maximum absolute atomic E-state index is 11.4. The van der Waals surface area contributed by atoms with Gasteiger partial charge in [-0.05, 0) is 31.0 Å². The van der Waals surface area contributed by atoms with Gasteiger partial charge >= 0.3 is 11.9 Å². The van der Waals surface area contributed by atoms with Gasteiger partial charge in [0, 0.05) is 37.3 Å². The van der Waals surface area contributed by atoms with E-state index in [9.17, 15) is 30.0 Å². The highest BCUT2D eigenvalue weighted by atomic mass is 16.4. The molecule has 0 amide bonds. The summed E-state index contributed by atoms with van der Waals surface area (Å²) in [6.45, 7) is 4.39. The monoisotopic (exact) mass is 430 g/mol. The van der Waals surface area contributed by atoms with Crippen molar-refractivity contribution in [3.8, 4) is 11.5 Å². The molecule has 0 bridgehead atoms. The third-order valence-electron chi connectivity index (χ3n) is 5.03. The lowest BCUT2D eigenvalue weighted by atomic mass is 10.1. The Morgan fingerprint density at radius 3 is 1.77 bits per heavy atom. The van der Waals surface area contributed by atoms with Gasteiger partial charge in [0.25, 0.3) is 0 Å². The van der Waals surface area contributed by atoms with Gasteiger partial charge in [-0.15, -0.1) is 0 Å². The lowest BCUT2D eigenvalue weighted by Gasteiger charge is -2.26. The summed E-state index contributed by atoms with van der Waals surface area (Å²) >= 11 is 0. The number of aryl methyl sites for hydroxylation is 2. The normalized spacial score (nSPS) is 11.2. The number of phenolic OH excluding ortho intramolecular Hbond substituents is 2. The number of phenols is 2. The summed E-state index contributed by atoms with van der Waals surface area (Å²) in [6, 6.07) is 10.4. The van der Waals surface area contributed by atoms with Crippen molar-refractivity contribution in [2.45, 2.75) is 33.4 Å². The molecule has 2 aromatic rings. The van der Waals surface area contributed by atoms with Crippen LogP contribution in [0.1, 0.15) is 29.2 Å². The van der Waals surface area contributed by atoms with Crippen molar-refractivity contribution in [2.75, 3.05) is 26.2 Å². The van der Waals surface area contributed by atoms with E-state index in [1.165, 1.54) is 0 Å². The van der Waals surface area contributed by atoms with Crippen LogP contribution in [-0.2, 0) is 29.1 Å². The molecule has 8 heteroatoms. The van der Waals surface area contributed by atoms with Crippen LogP contribution in [0, 0.1) is 6.92 Å². The fraction of sp³-hybridized carbons (Fsp3) is 0.391. The molecule has 168 valence electrons. The first kappa shape index (κ1) is 24.2. The van der Waals surface area contributed by atoms with Gasteiger partial charge in [-0.1, -0.05) is 36.8 Å². The molecule has 0 spiro atoms. The maximum Gasteiger partial charge on any atom is 0.317 e. The molecule has 0 unspecified atom stereocenters. The van der Waals surface area contributed by atoms with Gasteiger partial charge in [0.15, 0.2) is 0 Å². The Kier molecular flexibility index (Phi) is 8.84. The van der Waals surface area contributed by atoms with E-state index in [2.05, 4.69) is 0 Å². The molecule has 0 saturated heterocycles. The van der Waals surface area contributed by atoms with Crippen LogP contribution in [0.3, 0.4) is 0 Å². The topological polar surface area (TPSA) is 122 Å². The molecule has 31 heavy (non-hydrogen) atoms. The molecule has 4 N–H and O–H groups in total. The summed E-state index contributed by atoms with van der Waals surface area (Å²) in [6.07, 6.45) is 0.790. The Morgan fingerprint density at radius 1 is 0.806 bits per heavy atom. The summed E-state index contributed by atoms with van der Waals surface area (Å²) in [5, 5.41) is 38.9. The summed E-state index contributed by atoms with van der Waals surface area (Å²) in [4.78, 5) is 26.0. The van der Waals surface area contributed by atoms with Gasteiger partial charge in [0.2, 0.25) is 0 Å². The van der Waals surface area contributed by atoms with Crippen LogP contribution in [0.15, 0.2) is 36.4 Å². The fourth-order valence-electron chi connectivity index (χ4n) is 3.40. The van der Waals surface area contributed by atoms with Crippen molar-refractivity contribution in [1.82, 2.24) is 9.80 Å². The third-order valence-corrected chi connectivity index (χ3v) is 5.03. The fourth-order valence-corrected chi connectivity index (χ4v) is 3.40. The average Bonchev–Trinajstić information content (AvgIpc) is 2.69. The highest BCUT2D eigenvalue weighted by Gasteiger charge is 2.17. The number of aromatic hydroxyl groups is 2. The number of aliphatic carboxylic acids is 2. The molecule has 0 saturated carbocycles. The second-order valence-electron chi connectivity index (χ2n) is 7.66. The second-order valence-corrected chi connectivity index (χ2v) is 7.66. The lowest BCUT2D eigenvalue weighted by Crippen LogP contribution is -2.39. The second kappa shape index (κ2) is 11.3. The molecular formula is C23H30N2O6. The highest BCUT2D eigenvalue weighted by molar-refractivity contribution is 5.69. The Labute approximate surface area is 182 Å². The van der Waals surface area contributed by atoms with Crippen LogP contribution in [0.25, 0.3) is 0 Å². The largest absolute Gasteiger partial charge is 0.508 e. The molecular weight excluding hydrogens is 400 g/mol. The number of benzene rings is 2. The van der Waals surface area contributed by atoms with Crippen LogP contribution >= 0.6 is 0 Å². The van der Waals surface area contributed by atoms with Gasteiger partial charge < -0.3 is 20.4 Å². The van der Waals surface area contributed by atoms with Crippen LogP contribution in [0.4, 0.5) is 0 Å². The Morgan fingerprint density at radius 2 is 1.29 bits per heavy atom. The van der Waals surface area contributed by atoms with Crippen LogP contribution < -0.4 is 0 Å². The van der Waals surface area contributed by atoms with Gasteiger partial charge in [-0.3, -0.25) is 19.4 Å². The summed E-state index contributed by atoms with van der Waals surface area (Å²) in [7, 11) is 0. The minimum atomic E-state index is -1.01. The zero-order chi connectivity index (χ0) is 23.0. The first-order valence-electron chi connectivity index (χ1n) is 10.2. The van der Waals surface area contributed by atoms with Crippen molar-refractivity contribution in [3.63, 3.8) is 0 Å². The molecule has 0 fully saturated rings. The maximum atomic E-state index is 11.4. The quantitative estimate of drug-likeness (QED) is 0.405. The molecule has 0 aliphatic carbocycles. The molecule has 2 rings (SSSR count). The number of nitrogens with zero attached hydrogens (tertiary/aromatic N) is 2. The Hall–Kier alpha value is -3.10. The number of carboxylic acids is 2. The number of hydrogen-bond donors (Lipinski definition) is 4. The lowest BCUT2D eigenvalue weighted by molar-refractivity contribution is -0.140. The standard InChI is InChI=1S/C23H30N2O6/c1-3-17-5-7-21(27)19(11-17)13-25(15-23(30)31)9-8-24(14-22(28)29)12-18-10-16(2)4-6-20(18)26/h4-7,10-11,26-27H,3,8-9,12-15H2,1-2H3,(H,28,29)(H,30,31). The number of carbonyl (C=O) groups is 2. The van der Waals surface area contributed by atoms with Crippen molar-refractivity contribution >= 4 is 11.9 Å². The van der Waals surface area contributed by atoms with Crippen molar-refractivity contribution in [1.29, 1.82) is 0 Å². The summed E-state index contributed by atoms with van der Waals surface area (Å²) < 4.78 is 0. The smallest absolute Gasteiger partial charge is 0.317 e. The SMILES string of the molecule is CCc1ccc(O)c(CN(CCN(CC(=O)O)Cc2cc(C)ccc2O)CC(=O)O)c1. The Balaban J connectivity index is 2.14. The predicted octanol–water partition coefficient (Wildman–Crippen LogP) is 2.44. The van der Waals surface area contributed by atoms with Gasteiger partial charge in [0.05, 0.1) is 13.1 Å². The molecule has 8 nitrogen and oxygen atoms in total. The van der Waals surface area contributed by atoms with Gasteiger partial charge in [-0.25, -0.2) is 0 Å². The molecule has 0 heterocycles. The molecule has 0 aliphatic rings. The minimum absolute atomic E-state index is 0.0877. The van der Waals surface area contributed by atoms with Gasteiger partial charge in [-0.2, -0.15) is 0 Å².